The number of thioether (sulfide) groups is 1. The van der Waals surface area contributed by atoms with E-state index in [1.165, 1.54) is 31.6 Å². The Morgan fingerprint density at radius 1 is 1.33 bits per heavy atom. The predicted molar refractivity (Wildman–Crippen MR) is 69.4 cm³/mol. The smallest absolute Gasteiger partial charge is 0.00107 e. The van der Waals surface area contributed by atoms with E-state index in [1.54, 1.807) is 6.42 Å². The third-order valence-electron chi connectivity index (χ3n) is 4.18. The average Bonchev–Trinajstić information content (AvgIpc) is 2.82. The minimum atomic E-state index is 0.646. The van der Waals surface area contributed by atoms with Crippen molar-refractivity contribution in [3.63, 3.8) is 0 Å². The number of hydrogen-bond donors (Lipinski definition) is 1. The molecule has 0 saturated heterocycles. The lowest BCUT2D eigenvalue weighted by molar-refractivity contribution is 0.236. The molecule has 88 valence electrons. The lowest BCUT2D eigenvalue weighted by atomic mass is 9.80. The normalized spacial score (nSPS) is 38.4. The van der Waals surface area contributed by atoms with Crippen LogP contribution in [0.4, 0.5) is 0 Å². The number of nitrogens with one attached hydrogen (secondary N) is 1. The van der Waals surface area contributed by atoms with Gasteiger partial charge >= 0.3 is 0 Å². The Morgan fingerprint density at radius 2 is 2.00 bits per heavy atom. The molecule has 0 aromatic rings. The minimum absolute atomic E-state index is 0.646. The molecule has 0 amide bonds. The fraction of sp³-hybridized carbons (Fsp3) is 1.00. The van der Waals surface area contributed by atoms with Crippen LogP contribution in [0.5, 0.6) is 0 Å². The monoisotopic (exact) mass is 227 g/mol. The van der Waals surface area contributed by atoms with Crippen molar-refractivity contribution in [2.75, 3.05) is 18.6 Å². The SMILES string of the molecule is CSCCC1(CNC(C)C)CC2CC2C1. The molecule has 0 spiro atoms. The highest BCUT2D eigenvalue weighted by molar-refractivity contribution is 7.98. The molecule has 2 rings (SSSR count). The summed E-state index contributed by atoms with van der Waals surface area (Å²) in [6.45, 7) is 5.79. The van der Waals surface area contributed by atoms with E-state index >= 15 is 0 Å². The van der Waals surface area contributed by atoms with Crippen molar-refractivity contribution < 1.29 is 0 Å². The van der Waals surface area contributed by atoms with Crippen molar-refractivity contribution in [3.05, 3.63) is 0 Å². The van der Waals surface area contributed by atoms with E-state index in [4.69, 9.17) is 0 Å². The molecule has 0 aromatic heterocycles. The van der Waals surface area contributed by atoms with E-state index < -0.39 is 0 Å². The zero-order valence-corrected chi connectivity index (χ0v) is 11.2. The summed E-state index contributed by atoms with van der Waals surface area (Å²) in [4.78, 5) is 0. The second-order valence-electron chi connectivity index (χ2n) is 5.94. The summed E-state index contributed by atoms with van der Waals surface area (Å²) in [6.07, 6.45) is 8.23. The summed E-state index contributed by atoms with van der Waals surface area (Å²) >= 11 is 2.01. The molecule has 2 aliphatic rings. The lowest BCUT2D eigenvalue weighted by Crippen LogP contribution is -2.37. The molecule has 2 heteroatoms. The molecule has 2 aliphatic carbocycles. The van der Waals surface area contributed by atoms with Gasteiger partial charge in [0.05, 0.1) is 0 Å². The van der Waals surface area contributed by atoms with Gasteiger partial charge in [0.25, 0.3) is 0 Å². The molecule has 2 fully saturated rings. The van der Waals surface area contributed by atoms with E-state index in [0.29, 0.717) is 11.5 Å². The zero-order valence-electron chi connectivity index (χ0n) is 10.4. The fourth-order valence-electron chi connectivity index (χ4n) is 3.18. The molecule has 1 N–H and O–H groups in total. The van der Waals surface area contributed by atoms with Gasteiger partial charge in [-0.15, -0.1) is 0 Å². The second kappa shape index (κ2) is 4.67. The molecule has 0 heterocycles. The Balaban J connectivity index is 1.84. The molecular formula is C13H25NS. The Kier molecular flexibility index (Phi) is 3.67. The van der Waals surface area contributed by atoms with Crippen LogP contribution in [0.25, 0.3) is 0 Å². The molecular weight excluding hydrogens is 202 g/mol. The summed E-state index contributed by atoms with van der Waals surface area (Å²) < 4.78 is 0. The molecule has 2 saturated carbocycles. The average molecular weight is 227 g/mol. The van der Waals surface area contributed by atoms with Crippen LogP contribution in [0, 0.1) is 17.3 Å². The molecule has 2 atom stereocenters. The highest BCUT2D eigenvalue weighted by Gasteiger charge is 2.52. The maximum absolute atomic E-state index is 3.67. The van der Waals surface area contributed by atoms with Gasteiger partial charge in [-0.05, 0) is 54.9 Å². The van der Waals surface area contributed by atoms with Crippen LogP contribution in [0.1, 0.15) is 39.5 Å². The van der Waals surface area contributed by atoms with Gasteiger partial charge < -0.3 is 5.32 Å². The first-order valence-electron chi connectivity index (χ1n) is 6.37. The first-order chi connectivity index (χ1) is 7.15. The van der Waals surface area contributed by atoms with Crippen LogP contribution in [-0.4, -0.2) is 24.6 Å². The summed E-state index contributed by atoms with van der Waals surface area (Å²) in [5, 5.41) is 3.67. The topological polar surface area (TPSA) is 12.0 Å². The highest BCUT2D eigenvalue weighted by atomic mass is 32.2. The van der Waals surface area contributed by atoms with Gasteiger partial charge in [-0.1, -0.05) is 13.8 Å². The Morgan fingerprint density at radius 3 is 2.53 bits per heavy atom. The fourth-order valence-corrected chi connectivity index (χ4v) is 3.82. The van der Waals surface area contributed by atoms with Crippen molar-refractivity contribution in [2.45, 2.75) is 45.6 Å². The van der Waals surface area contributed by atoms with Gasteiger partial charge in [0.1, 0.15) is 0 Å². The van der Waals surface area contributed by atoms with Gasteiger partial charge in [-0.2, -0.15) is 11.8 Å². The van der Waals surface area contributed by atoms with Crippen molar-refractivity contribution in [1.82, 2.24) is 5.32 Å². The Labute approximate surface area is 98.8 Å². The van der Waals surface area contributed by atoms with Crippen molar-refractivity contribution >= 4 is 11.8 Å². The minimum Gasteiger partial charge on any atom is -0.314 e. The maximum atomic E-state index is 3.67. The van der Waals surface area contributed by atoms with Crippen LogP contribution in [0.2, 0.25) is 0 Å². The first-order valence-corrected chi connectivity index (χ1v) is 7.77. The number of hydrogen-bond acceptors (Lipinski definition) is 2. The van der Waals surface area contributed by atoms with E-state index in [9.17, 15) is 0 Å². The van der Waals surface area contributed by atoms with Crippen LogP contribution in [0.15, 0.2) is 0 Å². The van der Waals surface area contributed by atoms with E-state index in [0.717, 1.165) is 11.8 Å². The third kappa shape index (κ3) is 2.91. The molecule has 0 aliphatic heterocycles. The quantitative estimate of drug-likeness (QED) is 0.748. The van der Waals surface area contributed by atoms with Crippen molar-refractivity contribution in [2.24, 2.45) is 17.3 Å². The number of fused-ring (bicyclic) bond motifs is 1. The van der Waals surface area contributed by atoms with Gasteiger partial charge in [-0.25, -0.2) is 0 Å². The molecule has 15 heavy (non-hydrogen) atoms. The highest BCUT2D eigenvalue weighted by Crippen LogP contribution is 2.61. The largest absolute Gasteiger partial charge is 0.314 e. The van der Waals surface area contributed by atoms with Gasteiger partial charge in [0.15, 0.2) is 0 Å². The predicted octanol–water partition coefficient (Wildman–Crippen LogP) is 3.15. The van der Waals surface area contributed by atoms with Gasteiger partial charge in [0, 0.05) is 12.6 Å². The number of rotatable bonds is 6. The molecule has 1 nitrogen and oxygen atoms in total. The summed E-state index contributed by atoms with van der Waals surface area (Å²) in [7, 11) is 0. The third-order valence-corrected chi connectivity index (χ3v) is 4.79. The summed E-state index contributed by atoms with van der Waals surface area (Å²) in [6, 6.07) is 0.646. The standard InChI is InChI=1S/C13H25NS/c1-10(2)14-9-13(4-5-15-3)7-11-6-12(11)8-13/h10-12,14H,4-9H2,1-3H3. The zero-order chi connectivity index (χ0) is 10.9. The van der Waals surface area contributed by atoms with Gasteiger partial charge in [-0.3, -0.25) is 0 Å². The Hall–Kier alpha value is 0.310. The van der Waals surface area contributed by atoms with Crippen LogP contribution in [0.3, 0.4) is 0 Å². The van der Waals surface area contributed by atoms with E-state index in [-0.39, 0.29) is 0 Å². The molecule has 0 radical (unpaired) electrons. The first kappa shape index (κ1) is 11.8. The Bertz CT molecular complexity index is 205. The van der Waals surface area contributed by atoms with Crippen LogP contribution < -0.4 is 5.32 Å². The lowest BCUT2D eigenvalue weighted by Gasteiger charge is -2.32. The van der Waals surface area contributed by atoms with Crippen LogP contribution in [-0.2, 0) is 0 Å². The maximum Gasteiger partial charge on any atom is 0.00107 e. The van der Waals surface area contributed by atoms with Crippen molar-refractivity contribution in [1.29, 1.82) is 0 Å². The molecule has 0 bridgehead atoms. The van der Waals surface area contributed by atoms with Crippen LogP contribution >= 0.6 is 11.8 Å². The summed E-state index contributed by atoms with van der Waals surface area (Å²) in [5.41, 5.74) is 0.668. The van der Waals surface area contributed by atoms with E-state index in [1.807, 2.05) is 11.8 Å². The molecule has 2 unspecified atom stereocenters. The van der Waals surface area contributed by atoms with E-state index in [2.05, 4.69) is 25.4 Å². The second-order valence-corrected chi connectivity index (χ2v) is 6.93. The molecule has 0 aromatic carbocycles. The summed E-state index contributed by atoms with van der Waals surface area (Å²) in [5.74, 6) is 3.57. The van der Waals surface area contributed by atoms with Gasteiger partial charge in [0.2, 0.25) is 0 Å². The van der Waals surface area contributed by atoms with Crippen molar-refractivity contribution in [3.8, 4) is 0 Å².